The van der Waals surface area contributed by atoms with Crippen LogP contribution in [-0.2, 0) is 4.79 Å². The Morgan fingerprint density at radius 1 is 1.33 bits per heavy atom. The molecule has 1 amide bonds. The van der Waals surface area contributed by atoms with Crippen molar-refractivity contribution < 1.29 is 4.79 Å². The number of pyridine rings is 1. The molecule has 92 valence electrons. The monoisotopic (exact) mass is 242 g/mol. The van der Waals surface area contributed by atoms with Crippen LogP contribution in [0.25, 0.3) is 10.8 Å². The van der Waals surface area contributed by atoms with Crippen LogP contribution in [0.4, 0.5) is 5.82 Å². The number of amides is 1. The Morgan fingerprint density at radius 2 is 2.17 bits per heavy atom. The van der Waals surface area contributed by atoms with Crippen molar-refractivity contribution in [1.29, 1.82) is 0 Å². The number of hydrogen-bond donors (Lipinski definition) is 3. The lowest BCUT2D eigenvalue weighted by atomic mass is 10.2. The first-order valence-electron chi connectivity index (χ1n) is 5.97. The average Bonchev–Trinajstić information content (AvgIpc) is 2.92. The van der Waals surface area contributed by atoms with E-state index in [1.165, 1.54) is 0 Å². The number of aromatic nitrogens is 1. The van der Waals surface area contributed by atoms with Gasteiger partial charge in [-0.3, -0.25) is 10.2 Å². The molecule has 2 aromatic rings. The minimum absolute atomic E-state index is 0.0530. The fraction of sp³-hybridized carbons (Fsp3) is 0.231. The molecule has 0 bridgehead atoms. The number of carbonyl (C=O) groups excluding carboxylic acids is 1. The molecule has 1 aromatic heterocycles. The van der Waals surface area contributed by atoms with Gasteiger partial charge in [0.05, 0.1) is 0 Å². The van der Waals surface area contributed by atoms with E-state index in [1.54, 1.807) is 6.20 Å². The van der Waals surface area contributed by atoms with Gasteiger partial charge < -0.3 is 5.32 Å². The van der Waals surface area contributed by atoms with Crippen molar-refractivity contribution in [1.82, 2.24) is 15.8 Å². The van der Waals surface area contributed by atoms with Gasteiger partial charge in [0.1, 0.15) is 11.9 Å². The lowest BCUT2D eigenvalue weighted by Crippen LogP contribution is -2.39. The van der Waals surface area contributed by atoms with Gasteiger partial charge in [0.15, 0.2) is 0 Å². The van der Waals surface area contributed by atoms with Crippen LogP contribution in [0.5, 0.6) is 0 Å². The Labute approximate surface area is 105 Å². The molecular formula is C13H14N4O. The van der Waals surface area contributed by atoms with Gasteiger partial charge in [0, 0.05) is 18.1 Å². The SMILES string of the molecule is O=C(Nc1cc2ccccc2cn1)C1CCNN1. The summed E-state index contributed by atoms with van der Waals surface area (Å²) in [5.74, 6) is 0.537. The van der Waals surface area contributed by atoms with Gasteiger partial charge in [-0.15, -0.1) is 0 Å². The minimum atomic E-state index is -0.182. The molecule has 0 radical (unpaired) electrons. The molecule has 5 heteroatoms. The molecule has 0 saturated carbocycles. The molecule has 3 N–H and O–H groups in total. The van der Waals surface area contributed by atoms with Gasteiger partial charge in [-0.05, 0) is 17.9 Å². The second-order valence-corrected chi connectivity index (χ2v) is 4.32. The number of fused-ring (bicyclic) bond motifs is 1. The van der Waals surface area contributed by atoms with E-state index in [9.17, 15) is 4.79 Å². The van der Waals surface area contributed by atoms with Crippen molar-refractivity contribution in [2.24, 2.45) is 0 Å². The molecule has 1 unspecified atom stereocenters. The summed E-state index contributed by atoms with van der Waals surface area (Å²) in [5.41, 5.74) is 5.86. The van der Waals surface area contributed by atoms with Crippen LogP contribution in [0.15, 0.2) is 36.5 Å². The number of anilines is 1. The molecule has 1 aromatic carbocycles. The number of hydrazine groups is 1. The maximum Gasteiger partial charge on any atom is 0.244 e. The zero-order valence-corrected chi connectivity index (χ0v) is 9.81. The molecule has 1 atom stereocenters. The Morgan fingerprint density at radius 3 is 2.94 bits per heavy atom. The van der Waals surface area contributed by atoms with E-state index in [4.69, 9.17) is 0 Å². The standard InChI is InChI=1S/C13H14N4O/c18-13(11-5-6-15-17-11)16-12-7-9-3-1-2-4-10(9)8-14-12/h1-4,7-8,11,15,17H,5-6H2,(H,14,16,18). The third kappa shape index (κ3) is 2.18. The predicted molar refractivity (Wildman–Crippen MR) is 69.9 cm³/mol. The number of carbonyl (C=O) groups is 1. The molecule has 1 fully saturated rings. The van der Waals surface area contributed by atoms with Crippen LogP contribution in [0.3, 0.4) is 0 Å². The first-order valence-corrected chi connectivity index (χ1v) is 5.97. The fourth-order valence-electron chi connectivity index (χ4n) is 2.05. The zero-order valence-electron chi connectivity index (χ0n) is 9.81. The molecule has 0 spiro atoms. The van der Waals surface area contributed by atoms with Gasteiger partial charge in [-0.2, -0.15) is 0 Å². The maximum absolute atomic E-state index is 11.9. The highest BCUT2D eigenvalue weighted by Gasteiger charge is 2.22. The summed E-state index contributed by atoms with van der Waals surface area (Å²) in [5, 5.41) is 4.96. The van der Waals surface area contributed by atoms with Crippen molar-refractivity contribution in [2.75, 3.05) is 11.9 Å². The molecule has 2 heterocycles. The van der Waals surface area contributed by atoms with Gasteiger partial charge in [0.2, 0.25) is 5.91 Å². The second kappa shape index (κ2) is 4.72. The van der Waals surface area contributed by atoms with Gasteiger partial charge in [-0.1, -0.05) is 24.3 Å². The summed E-state index contributed by atoms with van der Waals surface area (Å²) in [4.78, 5) is 16.1. The highest BCUT2D eigenvalue weighted by atomic mass is 16.2. The van der Waals surface area contributed by atoms with Gasteiger partial charge >= 0.3 is 0 Å². The third-order valence-corrected chi connectivity index (χ3v) is 3.03. The Hall–Kier alpha value is -1.98. The van der Waals surface area contributed by atoms with E-state index in [2.05, 4.69) is 21.2 Å². The minimum Gasteiger partial charge on any atom is -0.309 e. The van der Waals surface area contributed by atoms with E-state index in [0.717, 1.165) is 23.7 Å². The summed E-state index contributed by atoms with van der Waals surface area (Å²) < 4.78 is 0. The van der Waals surface area contributed by atoms with Crippen LogP contribution in [-0.4, -0.2) is 23.5 Å². The van der Waals surface area contributed by atoms with Crippen LogP contribution in [0, 0.1) is 0 Å². The van der Waals surface area contributed by atoms with E-state index in [0.29, 0.717) is 5.82 Å². The second-order valence-electron chi connectivity index (χ2n) is 4.32. The molecule has 0 aliphatic carbocycles. The highest BCUT2D eigenvalue weighted by Crippen LogP contribution is 2.16. The summed E-state index contributed by atoms with van der Waals surface area (Å²) in [6.07, 6.45) is 2.56. The van der Waals surface area contributed by atoms with Crippen LogP contribution in [0.1, 0.15) is 6.42 Å². The maximum atomic E-state index is 11.9. The lowest BCUT2D eigenvalue weighted by molar-refractivity contribution is -0.117. The van der Waals surface area contributed by atoms with E-state index in [-0.39, 0.29) is 11.9 Å². The number of benzene rings is 1. The van der Waals surface area contributed by atoms with E-state index in [1.807, 2.05) is 30.3 Å². The summed E-state index contributed by atoms with van der Waals surface area (Å²) in [6, 6.07) is 9.64. The first kappa shape index (κ1) is 11.1. The quantitative estimate of drug-likeness (QED) is 0.736. The molecule has 3 rings (SSSR count). The van der Waals surface area contributed by atoms with Crippen molar-refractivity contribution >= 4 is 22.5 Å². The van der Waals surface area contributed by atoms with E-state index >= 15 is 0 Å². The van der Waals surface area contributed by atoms with Crippen LogP contribution in [0.2, 0.25) is 0 Å². The van der Waals surface area contributed by atoms with Crippen LogP contribution < -0.4 is 16.2 Å². The summed E-state index contributed by atoms with van der Waals surface area (Å²) in [7, 11) is 0. The van der Waals surface area contributed by atoms with Crippen molar-refractivity contribution in [3.8, 4) is 0 Å². The van der Waals surface area contributed by atoms with E-state index < -0.39 is 0 Å². The Balaban J connectivity index is 1.79. The predicted octanol–water partition coefficient (Wildman–Crippen LogP) is 1.04. The molecular weight excluding hydrogens is 228 g/mol. The Bertz CT molecular complexity index is 578. The zero-order chi connectivity index (χ0) is 12.4. The molecule has 5 nitrogen and oxygen atoms in total. The lowest BCUT2D eigenvalue weighted by Gasteiger charge is -2.10. The summed E-state index contributed by atoms with van der Waals surface area (Å²) >= 11 is 0. The molecule has 1 aliphatic heterocycles. The third-order valence-electron chi connectivity index (χ3n) is 3.03. The van der Waals surface area contributed by atoms with Crippen LogP contribution >= 0.6 is 0 Å². The fourth-order valence-corrected chi connectivity index (χ4v) is 2.05. The number of hydrogen-bond acceptors (Lipinski definition) is 4. The molecule has 1 aliphatic rings. The topological polar surface area (TPSA) is 66.0 Å². The van der Waals surface area contributed by atoms with Gasteiger partial charge in [0.25, 0.3) is 0 Å². The number of nitrogens with zero attached hydrogens (tertiary/aromatic N) is 1. The number of nitrogens with one attached hydrogen (secondary N) is 3. The Kier molecular flexibility index (Phi) is 2.92. The molecule has 1 saturated heterocycles. The van der Waals surface area contributed by atoms with Gasteiger partial charge in [-0.25, -0.2) is 10.4 Å². The first-order chi connectivity index (χ1) is 8.83. The largest absolute Gasteiger partial charge is 0.309 e. The van der Waals surface area contributed by atoms with Crippen molar-refractivity contribution in [2.45, 2.75) is 12.5 Å². The summed E-state index contributed by atoms with van der Waals surface area (Å²) in [6.45, 7) is 0.809. The smallest absolute Gasteiger partial charge is 0.244 e. The highest BCUT2D eigenvalue weighted by molar-refractivity contribution is 5.96. The van der Waals surface area contributed by atoms with Crippen molar-refractivity contribution in [3.05, 3.63) is 36.5 Å². The molecule has 18 heavy (non-hydrogen) atoms. The van der Waals surface area contributed by atoms with Crippen molar-refractivity contribution in [3.63, 3.8) is 0 Å². The normalized spacial score (nSPS) is 19.0. The average molecular weight is 242 g/mol. The number of rotatable bonds is 2.